The number of hydrogen-bond donors (Lipinski definition) is 3. The topological polar surface area (TPSA) is 79.1 Å². The van der Waals surface area contributed by atoms with Crippen LogP contribution in [0.3, 0.4) is 0 Å². The van der Waals surface area contributed by atoms with Gasteiger partial charge in [0.1, 0.15) is 12.4 Å². The number of benzene rings is 2. The Labute approximate surface area is 176 Å². The van der Waals surface area contributed by atoms with Crippen molar-refractivity contribution in [3.8, 4) is 11.3 Å². The largest absolute Gasteiger partial charge is 0.370 e. The number of imidazole rings is 1. The fourth-order valence-electron chi connectivity index (χ4n) is 3.44. The van der Waals surface area contributed by atoms with E-state index in [1.807, 2.05) is 24.4 Å². The molecule has 0 atom stereocenters. The fraction of sp³-hybridized carbons (Fsp3) is 0.238. The molecule has 0 bridgehead atoms. The molecule has 3 aromatic rings. The van der Waals surface area contributed by atoms with Gasteiger partial charge in [-0.3, -0.25) is 0 Å². The Balaban J connectivity index is 0.00000210. The van der Waals surface area contributed by atoms with Crippen LogP contribution in [0.4, 0.5) is 5.69 Å². The van der Waals surface area contributed by atoms with Crippen LogP contribution in [0.25, 0.3) is 11.3 Å². The monoisotopic (exact) mass is 473 g/mol. The molecule has 1 aliphatic carbocycles. The molecule has 0 unspecified atom stereocenters. The molecule has 140 valence electrons. The maximum absolute atomic E-state index is 6.10. The first-order valence-electron chi connectivity index (χ1n) is 9.06. The lowest BCUT2D eigenvalue weighted by Crippen LogP contribution is -2.24. The van der Waals surface area contributed by atoms with Crippen molar-refractivity contribution in [2.24, 2.45) is 10.7 Å². The molecular weight excluding hydrogens is 449 g/mol. The smallest absolute Gasteiger partial charge is 0.193 e. The van der Waals surface area contributed by atoms with Gasteiger partial charge in [0.25, 0.3) is 0 Å². The summed E-state index contributed by atoms with van der Waals surface area (Å²) in [5.74, 6) is 1.21. The van der Waals surface area contributed by atoms with E-state index in [0.717, 1.165) is 35.6 Å². The maximum atomic E-state index is 6.10. The number of aromatic nitrogens is 2. The Morgan fingerprint density at radius 1 is 1.07 bits per heavy atom. The third-order valence-electron chi connectivity index (χ3n) is 4.77. The Morgan fingerprint density at radius 3 is 2.74 bits per heavy atom. The van der Waals surface area contributed by atoms with Gasteiger partial charge in [0.05, 0.1) is 11.9 Å². The first kappa shape index (κ1) is 19.4. The molecule has 0 aliphatic heterocycles. The highest BCUT2D eigenvalue weighted by molar-refractivity contribution is 14.0. The summed E-state index contributed by atoms with van der Waals surface area (Å²) < 4.78 is 0. The molecule has 0 radical (unpaired) electrons. The van der Waals surface area contributed by atoms with Crippen molar-refractivity contribution < 1.29 is 0 Å². The summed E-state index contributed by atoms with van der Waals surface area (Å²) in [7, 11) is 0. The number of nitrogens with two attached hydrogens (primary N) is 1. The second-order valence-electron chi connectivity index (χ2n) is 6.59. The van der Waals surface area contributed by atoms with Crippen LogP contribution in [-0.4, -0.2) is 15.9 Å². The first-order chi connectivity index (χ1) is 12.8. The third kappa shape index (κ3) is 4.68. The van der Waals surface area contributed by atoms with Crippen LogP contribution >= 0.6 is 24.0 Å². The Bertz CT molecular complexity index is 917. The zero-order chi connectivity index (χ0) is 17.8. The van der Waals surface area contributed by atoms with E-state index in [4.69, 9.17) is 5.73 Å². The lowest BCUT2D eigenvalue weighted by molar-refractivity contribution is 0.687. The molecule has 27 heavy (non-hydrogen) atoms. The minimum Gasteiger partial charge on any atom is -0.370 e. The predicted octanol–water partition coefficient (Wildman–Crippen LogP) is 4.50. The van der Waals surface area contributed by atoms with Crippen molar-refractivity contribution in [3.63, 3.8) is 0 Å². The summed E-state index contributed by atoms with van der Waals surface area (Å²) in [4.78, 5) is 12.1. The van der Waals surface area contributed by atoms with E-state index in [0.29, 0.717) is 12.5 Å². The Kier molecular flexibility index (Phi) is 6.49. The quantitative estimate of drug-likeness (QED) is 0.297. The molecular formula is C21H24IN5. The number of hydrogen-bond acceptors (Lipinski definition) is 2. The molecule has 1 aliphatic rings. The van der Waals surface area contributed by atoms with Gasteiger partial charge in [-0.1, -0.05) is 42.5 Å². The number of aliphatic imine (C=N–C) groups is 1. The summed E-state index contributed by atoms with van der Waals surface area (Å²) in [5, 5.41) is 3.26. The van der Waals surface area contributed by atoms with Gasteiger partial charge in [-0.25, -0.2) is 9.98 Å². The van der Waals surface area contributed by atoms with Gasteiger partial charge in [0, 0.05) is 5.69 Å². The average molecular weight is 473 g/mol. The molecule has 4 rings (SSSR count). The zero-order valence-corrected chi connectivity index (χ0v) is 17.4. The maximum Gasteiger partial charge on any atom is 0.193 e. The summed E-state index contributed by atoms with van der Waals surface area (Å²) in [6.45, 7) is 0.417. The molecule has 4 N–H and O–H groups in total. The molecule has 0 spiro atoms. The number of nitrogens with zero attached hydrogens (tertiary/aromatic N) is 2. The van der Waals surface area contributed by atoms with Gasteiger partial charge >= 0.3 is 0 Å². The standard InChI is InChI=1S/C21H23N5.HI/c22-21(26-18-12-6-10-15-7-4-5-11-17(15)18)24-14-20-23-13-19(25-20)16-8-2-1-3-9-16;/h1-3,6,8-10,12-13H,4-5,7,11,14H2,(H,23,25)(H3,22,24,26);1H. The molecule has 0 saturated heterocycles. The van der Waals surface area contributed by atoms with Crippen LogP contribution in [-0.2, 0) is 19.4 Å². The van der Waals surface area contributed by atoms with Crippen LogP contribution in [0.5, 0.6) is 0 Å². The molecule has 1 heterocycles. The number of guanidine groups is 1. The Morgan fingerprint density at radius 2 is 1.89 bits per heavy atom. The number of nitrogens with one attached hydrogen (secondary N) is 2. The van der Waals surface area contributed by atoms with Crippen LogP contribution in [0.2, 0.25) is 0 Å². The van der Waals surface area contributed by atoms with Crippen molar-refractivity contribution >= 4 is 35.6 Å². The number of aromatic amines is 1. The van der Waals surface area contributed by atoms with Gasteiger partial charge < -0.3 is 16.0 Å². The molecule has 0 fully saturated rings. The third-order valence-corrected chi connectivity index (χ3v) is 4.77. The highest BCUT2D eigenvalue weighted by atomic mass is 127. The van der Waals surface area contributed by atoms with Gasteiger partial charge in [0.15, 0.2) is 5.96 Å². The van der Waals surface area contributed by atoms with Crippen molar-refractivity contribution in [2.45, 2.75) is 32.2 Å². The van der Waals surface area contributed by atoms with E-state index in [1.54, 1.807) is 0 Å². The van der Waals surface area contributed by atoms with Gasteiger partial charge in [-0.15, -0.1) is 24.0 Å². The van der Waals surface area contributed by atoms with Gasteiger partial charge in [-0.05, 0) is 48.4 Å². The minimum atomic E-state index is 0. The predicted molar refractivity (Wildman–Crippen MR) is 121 cm³/mol. The first-order valence-corrected chi connectivity index (χ1v) is 9.06. The second-order valence-corrected chi connectivity index (χ2v) is 6.59. The zero-order valence-electron chi connectivity index (χ0n) is 15.1. The van der Waals surface area contributed by atoms with Gasteiger partial charge in [0.2, 0.25) is 0 Å². The number of fused-ring (bicyclic) bond motifs is 1. The van der Waals surface area contributed by atoms with Crippen molar-refractivity contribution in [1.29, 1.82) is 0 Å². The minimum absolute atomic E-state index is 0. The highest BCUT2D eigenvalue weighted by Gasteiger charge is 2.13. The van der Waals surface area contributed by atoms with Crippen molar-refractivity contribution in [2.75, 3.05) is 5.32 Å². The summed E-state index contributed by atoms with van der Waals surface area (Å²) >= 11 is 0. The van der Waals surface area contributed by atoms with Crippen LogP contribution in [0.1, 0.15) is 29.8 Å². The summed E-state index contributed by atoms with van der Waals surface area (Å²) in [6, 6.07) is 16.5. The molecule has 5 nitrogen and oxygen atoms in total. The fourth-order valence-corrected chi connectivity index (χ4v) is 3.44. The molecule has 2 aromatic carbocycles. The SMILES string of the molecule is I.NC(=NCc1ncc(-c2ccccc2)[nH]1)Nc1cccc2c1CCCC2. The number of halogens is 1. The van der Waals surface area contributed by atoms with Crippen molar-refractivity contribution in [1.82, 2.24) is 9.97 Å². The number of rotatable bonds is 4. The molecule has 0 saturated carbocycles. The number of anilines is 1. The van der Waals surface area contributed by atoms with E-state index in [2.05, 4.69) is 50.6 Å². The van der Waals surface area contributed by atoms with Crippen molar-refractivity contribution in [3.05, 3.63) is 71.7 Å². The second kappa shape index (κ2) is 9.03. The summed E-state index contributed by atoms with van der Waals surface area (Å²) in [6.07, 6.45) is 6.58. The number of H-pyrrole nitrogens is 1. The van der Waals surface area contributed by atoms with E-state index < -0.39 is 0 Å². The van der Waals surface area contributed by atoms with Gasteiger partial charge in [-0.2, -0.15) is 0 Å². The number of aryl methyl sites for hydroxylation is 1. The van der Waals surface area contributed by atoms with E-state index in [9.17, 15) is 0 Å². The normalized spacial score (nSPS) is 13.6. The lowest BCUT2D eigenvalue weighted by atomic mass is 9.90. The van der Waals surface area contributed by atoms with Crippen LogP contribution < -0.4 is 11.1 Å². The highest BCUT2D eigenvalue weighted by Crippen LogP contribution is 2.27. The van der Waals surface area contributed by atoms with Crippen LogP contribution in [0, 0.1) is 0 Å². The summed E-state index contributed by atoms with van der Waals surface area (Å²) in [5.41, 5.74) is 12.1. The molecule has 0 amide bonds. The average Bonchev–Trinajstić information content (AvgIpc) is 3.17. The lowest BCUT2D eigenvalue weighted by Gasteiger charge is -2.19. The van der Waals surface area contributed by atoms with Crippen LogP contribution in [0.15, 0.2) is 59.7 Å². The van der Waals surface area contributed by atoms with E-state index in [1.165, 1.54) is 24.0 Å². The molecule has 6 heteroatoms. The van der Waals surface area contributed by atoms with E-state index >= 15 is 0 Å². The van der Waals surface area contributed by atoms with E-state index in [-0.39, 0.29) is 24.0 Å². The Hall–Kier alpha value is -2.35. The molecule has 1 aromatic heterocycles.